The average Bonchev–Trinajstić information content (AvgIpc) is 3.15. The van der Waals surface area contributed by atoms with E-state index in [1.54, 1.807) is 6.20 Å². The normalized spacial score (nSPS) is 10.9. The van der Waals surface area contributed by atoms with Crippen LogP contribution in [0.1, 0.15) is 47.6 Å². The summed E-state index contributed by atoms with van der Waals surface area (Å²) in [7, 11) is 0. The first-order chi connectivity index (χ1) is 24.8. The molecule has 0 unspecified atom stereocenters. The molecule has 0 aliphatic heterocycles. The van der Waals surface area contributed by atoms with E-state index in [1.165, 1.54) is 66.2 Å². The van der Waals surface area contributed by atoms with Crippen LogP contribution in [0, 0.1) is 39.8 Å². The second-order valence-electron chi connectivity index (χ2n) is 13.5. The molecule has 4 heteroatoms. The molecule has 0 fully saturated rings. The van der Waals surface area contributed by atoms with Crippen LogP contribution in [0.5, 0.6) is 0 Å². The van der Waals surface area contributed by atoms with Crippen molar-refractivity contribution in [3.63, 3.8) is 0 Å². The predicted molar refractivity (Wildman–Crippen MR) is 214 cm³/mol. The van der Waals surface area contributed by atoms with Crippen molar-refractivity contribution in [3.8, 4) is 44.8 Å². The Labute approximate surface area is 321 Å². The van der Waals surface area contributed by atoms with Crippen molar-refractivity contribution in [1.82, 2.24) is 15.0 Å². The van der Waals surface area contributed by atoms with E-state index in [1.807, 2.05) is 73.1 Å². The number of rotatable bonds is 5. The minimum absolute atomic E-state index is 0. The number of aryl methyl sites for hydroxylation is 3. The van der Waals surface area contributed by atoms with E-state index in [9.17, 15) is 0 Å². The quantitative estimate of drug-likeness (QED) is 0.128. The van der Waals surface area contributed by atoms with Gasteiger partial charge in [-0.05, 0) is 119 Å². The summed E-state index contributed by atoms with van der Waals surface area (Å²) >= 11 is 0. The molecule has 0 atom stereocenters. The molecule has 5 aromatic carbocycles. The average molecular weight is 852 g/mol. The van der Waals surface area contributed by atoms with E-state index in [2.05, 4.69) is 118 Å². The Bertz CT molecular complexity index is 2450. The predicted octanol–water partition coefficient (Wildman–Crippen LogP) is 12.5. The monoisotopic (exact) mass is 852 g/mol. The second-order valence-corrected chi connectivity index (χ2v) is 13.5. The molecule has 3 heterocycles. The zero-order valence-electron chi connectivity index (χ0n) is 30.5. The summed E-state index contributed by atoms with van der Waals surface area (Å²) in [5.41, 5.74) is 16.4. The molecule has 0 amide bonds. The van der Waals surface area contributed by atoms with Crippen LogP contribution >= 0.6 is 0 Å². The molecule has 3 aromatic heterocycles. The van der Waals surface area contributed by atoms with E-state index >= 15 is 0 Å². The van der Waals surface area contributed by atoms with Crippen LogP contribution < -0.4 is 0 Å². The molecule has 52 heavy (non-hydrogen) atoms. The largest absolute Gasteiger partial charge is 0.305 e. The zero-order valence-corrected chi connectivity index (χ0v) is 32.8. The molecule has 0 bridgehead atoms. The molecule has 259 valence electrons. The number of hydrogen-bond donors (Lipinski definition) is 0. The van der Waals surface area contributed by atoms with Gasteiger partial charge >= 0.3 is 0 Å². The van der Waals surface area contributed by atoms with E-state index < -0.39 is 0 Å². The van der Waals surface area contributed by atoms with Crippen molar-refractivity contribution in [2.24, 2.45) is 0 Å². The summed E-state index contributed by atoms with van der Waals surface area (Å²) in [5, 5.41) is 3.74. The Kier molecular flexibility index (Phi) is 11.2. The Hall–Kier alpha value is -5.28. The van der Waals surface area contributed by atoms with Crippen molar-refractivity contribution in [1.29, 1.82) is 0 Å². The number of pyridine rings is 3. The molecule has 0 aliphatic carbocycles. The number of benzene rings is 5. The van der Waals surface area contributed by atoms with Crippen LogP contribution in [-0.2, 0) is 20.1 Å². The summed E-state index contributed by atoms with van der Waals surface area (Å²) in [4.78, 5) is 13.6. The van der Waals surface area contributed by atoms with Gasteiger partial charge < -0.3 is 9.97 Å². The minimum Gasteiger partial charge on any atom is -0.305 e. The van der Waals surface area contributed by atoms with Crippen molar-refractivity contribution >= 4 is 21.7 Å². The van der Waals surface area contributed by atoms with Gasteiger partial charge in [0.1, 0.15) is 0 Å². The summed E-state index contributed by atoms with van der Waals surface area (Å²) < 4.78 is 0. The summed E-state index contributed by atoms with van der Waals surface area (Å²) in [6.45, 7) is 13.3. The molecule has 8 rings (SSSR count). The van der Waals surface area contributed by atoms with E-state index in [4.69, 9.17) is 4.98 Å². The number of nitrogens with zero attached hydrogens (tertiary/aromatic N) is 3. The molecular formula is C48H41IrN3-2. The van der Waals surface area contributed by atoms with Gasteiger partial charge in [-0.25, -0.2) is 0 Å². The van der Waals surface area contributed by atoms with Gasteiger partial charge in [-0.3, -0.25) is 4.98 Å². The Morgan fingerprint density at radius 1 is 0.538 bits per heavy atom. The fourth-order valence-electron chi connectivity index (χ4n) is 7.13. The SMILES string of the molecule is Cc1ccnc(-c2[c-]ccc(-c3c(C)cc(C)c(-c4cc5ncccc5c5ccc(C(C)C)cc45)c3C)c2)c1.[Ir].[c-]1ccccc1-c1ccccn1. The van der Waals surface area contributed by atoms with Gasteiger partial charge in [-0.2, -0.15) is 0 Å². The molecule has 0 N–H and O–H groups in total. The van der Waals surface area contributed by atoms with E-state index in [0.717, 1.165) is 28.0 Å². The van der Waals surface area contributed by atoms with Crippen molar-refractivity contribution in [2.75, 3.05) is 0 Å². The molecule has 1 radical (unpaired) electrons. The topological polar surface area (TPSA) is 38.7 Å². The first-order valence-corrected chi connectivity index (χ1v) is 17.5. The first-order valence-electron chi connectivity index (χ1n) is 17.5. The third-order valence-corrected chi connectivity index (χ3v) is 9.58. The van der Waals surface area contributed by atoms with Crippen LogP contribution in [0.3, 0.4) is 0 Å². The third-order valence-electron chi connectivity index (χ3n) is 9.58. The Morgan fingerprint density at radius 2 is 1.31 bits per heavy atom. The van der Waals surface area contributed by atoms with Gasteiger partial charge in [0.25, 0.3) is 0 Å². The van der Waals surface area contributed by atoms with Crippen molar-refractivity contribution in [3.05, 3.63) is 174 Å². The first kappa shape index (κ1) is 36.5. The summed E-state index contributed by atoms with van der Waals surface area (Å²) in [6.07, 6.45) is 5.55. The van der Waals surface area contributed by atoms with Gasteiger partial charge in [0.15, 0.2) is 0 Å². The van der Waals surface area contributed by atoms with Crippen LogP contribution in [-0.4, -0.2) is 15.0 Å². The Morgan fingerprint density at radius 3 is 2.06 bits per heavy atom. The minimum atomic E-state index is 0. The maximum atomic E-state index is 4.77. The third kappa shape index (κ3) is 7.51. The van der Waals surface area contributed by atoms with Gasteiger partial charge in [0, 0.05) is 44.1 Å². The maximum Gasteiger partial charge on any atom is 0.0714 e. The maximum absolute atomic E-state index is 4.77. The fourth-order valence-corrected chi connectivity index (χ4v) is 7.13. The van der Waals surface area contributed by atoms with Crippen molar-refractivity contribution in [2.45, 2.75) is 47.5 Å². The number of aromatic nitrogens is 3. The summed E-state index contributed by atoms with van der Waals surface area (Å²) in [6, 6.07) is 46.6. The number of fused-ring (bicyclic) bond motifs is 3. The van der Waals surface area contributed by atoms with Crippen molar-refractivity contribution < 1.29 is 20.1 Å². The van der Waals surface area contributed by atoms with Gasteiger partial charge in [-0.1, -0.05) is 67.9 Å². The molecule has 0 saturated heterocycles. The standard InChI is InChI=1S/C37H33N2.C11H8N.Ir/c1-22(2)27-12-13-30-31-11-8-15-38-35(31)21-33(32(30)20-27)37-25(5)18-24(4)36(26(37)6)29-10-7-9-28(19-29)34-17-23(3)14-16-39-34;1-2-6-10(7-3-1)11-8-4-5-9-12-11;/h7-8,10-22H,1-6H3;1-6,8-9H;/q2*-1;. The molecule has 0 spiro atoms. The fraction of sp³-hybridized carbons (Fsp3) is 0.146. The molecule has 0 saturated carbocycles. The molecular weight excluding hydrogens is 811 g/mol. The molecule has 3 nitrogen and oxygen atoms in total. The summed E-state index contributed by atoms with van der Waals surface area (Å²) in [5.74, 6) is 0.455. The van der Waals surface area contributed by atoms with Crippen LogP contribution in [0.25, 0.3) is 66.4 Å². The van der Waals surface area contributed by atoms with Crippen LogP contribution in [0.2, 0.25) is 0 Å². The van der Waals surface area contributed by atoms with Crippen LogP contribution in [0.4, 0.5) is 0 Å². The number of hydrogen-bond acceptors (Lipinski definition) is 3. The van der Waals surface area contributed by atoms with Gasteiger partial charge in [-0.15, -0.1) is 71.3 Å². The van der Waals surface area contributed by atoms with Gasteiger partial charge in [0.2, 0.25) is 0 Å². The van der Waals surface area contributed by atoms with E-state index in [-0.39, 0.29) is 20.1 Å². The second kappa shape index (κ2) is 15.9. The van der Waals surface area contributed by atoms with Crippen LogP contribution in [0.15, 0.2) is 134 Å². The Balaban J connectivity index is 0.000000302. The zero-order chi connectivity index (χ0) is 35.5. The van der Waals surface area contributed by atoms with Gasteiger partial charge in [0.05, 0.1) is 5.52 Å². The smallest absolute Gasteiger partial charge is 0.0714 e. The molecule has 0 aliphatic rings. The van der Waals surface area contributed by atoms with E-state index in [0.29, 0.717) is 5.92 Å². The molecule has 8 aromatic rings.